The molecule has 2 rings (SSSR count). The van der Waals surface area contributed by atoms with Gasteiger partial charge in [-0.25, -0.2) is 0 Å². The molecule has 3 atom stereocenters. The molecule has 0 aromatic rings. The van der Waals surface area contributed by atoms with Gasteiger partial charge in [0.15, 0.2) is 6.29 Å². The van der Waals surface area contributed by atoms with Crippen molar-refractivity contribution in [3.8, 4) is 11.5 Å². The molecule has 2 fully saturated rings. The number of ether oxygens (including phenoxy) is 2. The lowest BCUT2D eigenvalue weighted by Crippen LogP contribution is -2.57. The second-order valence-electron chi connectivity index (χ2n) is 9.67. The molecule has 1 saturated heterocycles. The van der Waals surface area contributed by atoms with Crippen LogP contribution >= 0.6 is 0 Å². The maximum absolute atomic E-state index is 11.5. The number of hydrogen-bond acceptors (Lipinski definition) is 3. The van der Waals surface area contributed by atoms with Crippen LogP contribution in [0.2, 0.25) is 39.3 Å². The summed E-state index contributed by atoms with van der Waals surface area (Å²) in [6.45, 7) is 16.5. The molecule has 0 aromatic heterocycles. The van der Waals surface area contributed by atoms with E-state index in [2.05, 4.69) is 63.4 Å². The fourth-order valence-electron chi connectivity index (χ4n) is 3.85. The molecule has 136 valence electrons. The van der Waals surface area contributed by atoms with Gasteiger partial charge in [0, 0.05) is 0 Å². The minimum absolute atomic E-state index is 0.375. The van der Waals surface area contributed by atoms with Gasteiger partial charge < -0.3 is 14.6 Å². The van der Waals surface area contributed by atoms with Gasteiger partial charge in [-0.3, -0.25) is 0 Å². The Balaban J connectivity index is 2.18. The second kappa shape index (κ2) is 6.73. The summed E-state index contributed by atoms with van der Waals surface area (Å²) in [7, 11) is -2.80. The highest BCUT2D eigenvalue weighted by atomic mass is 28.3. The Hall–Kier alpha value is -0.386. The maximum atomic E-state index is 11.5. The normalized spacial score (nSPS) is 35.5. The highest BCUT2D eigenvalue weighted by molar-refractivity contribution is 6.83. The van der Waals surface area contributed by atoms with Crippen LogP contribution in [0.3, 0.4) is 0 Å². The molecule has 0 spiro atoms. The molecular weight excluding hydrogens is 332 g/mol. The fourth-order valence-corrected chi connectivity index (χ4v) is 5.82. The van der Waals surface area contributed by atoms with E-state index in [0.29, 0.717) is 13.2 Å². The molecule has 0 bridgehead atoms. The van der Waals surface area contributed by atoms with Crippen molar-refractivity contribution in [3.63, 3.8) is 0 Å². The summed E-state index contributed by atoms with van der Waals surface area (Å²) in [5.41, 5.74) is 5.55. The summed E-state index contributed by atoms with van der Waals surface area (Å²) >= 11 is 0. The van der Waals surface area contributed by atoms with Crippen LogP contribution in [0, 0.1) is 16.9 Å². The molecule has 24 heavy (non-hydrogen) atoms. The van der Waals surface area contributed by atoms with Gasteiger partial charge in [0.1, 0.15) is 14.7 Å². The summed E-state index contributed by atoms with van der Waals surface area (Å²) in [6.07, 6.45) is 2.38. The molecule has 0 aromatic carbocycles. The summed E-state index contributed by atoms with van der Waals surface area (Å²) < 4.78 is 12.1. The van der Waals surface area contributed by atoms with Crippen LogP contribution in [0.1, 0.15) is 26.2 Å². The molecule has 0 unspecified atom stereocenters. The van der Waals surface area contributed by atoms with Crippen molar-refractivity contribution >= 4 is 16.1 Å². The minimum atomic E-state index is -1.42. The first-order valence-electron chi connectivity index (χ1n) is 9.05. The largest absolute Gasteiger partial charge is 0.385 e. The topological polar surface area (TPSA) is 38.7 Å². The smallest absolute Gasteiger partial charge is 0.167 e. The van der Waals surface area contributed by atoms with Gasteiger partial charge in [-0.1, -0.05) is 57.8 Å². The van der Waals surface area contributed by atoms with E-state index in [1.54, 1.807) is 0 Å². The van der Waals surface area contributed by atoms with Crippen LogP contribution in [0.25, 0.3) is 0 Å². The van der Waals surface area contributed by atoms with Crippen molar-refractivity contribution in [3.05, 3.63) is 11.3 Å². The number of rotatable bonds is 3. The zero-order valence-corrected chi connectivity index (χ0v) is 18.5. The van der Waals surface area contributed by atoms with Gasteiger partial charge >= 0.3 is 0 Å². The Morgan fingerprint density at radius 3 is 2.50 bits per heavy atom. The SMILES string of the molecule is C[C@]12CCC[C@@]1(O)/C(=C/[Si](C)(C)C)CO[C@H]2OCC#C[Si](C)(C)C. The molecular formula is C19H34O3Si2. The van der Waals surface area contributed by atoms with Gasteiger partial charge in [-0.2, -0.15) is 0 Å². The quantitative estimate of drug-likeness (QED) is 0.607. The van der Waals surface area contributed by atoms with E-state index < -0.39 is 21.7 Å². The van der Waals surface area contributed by atoms with Gasteiger partial charge in [-0.05, 0) is 24.8 Å². The lowest BCUT2D eigenvalue weighted by atomic mass is 9.70. The van der Waals surface area contributed by atoms with Gasteiger partial charge in [0.25, 0.3) is 0 Å². The van der Waals surface area contributed by atoms with Crippen LogP contribution in [0.4, 0.5) is 0 Å². The zero-order valence-electron chi connectivity index (χ0n) is 16.5. The number of aliphatic hydroxyl groups is 1. The van der Waals surface area contributed by atoms with Crippen molar-refractivity contribution in [2.75, 3.05) is 13.2 Å². The highest BCUT2D eigenvalue weighted by Gasteiger charge is 2.60. The van der Waals surface area contributed by atoms with E-state index in [1.807, 2.05) is 0 Å². The summed E-state index contributed by atoms with van der Waals surface area (Å²) in [6, 6.07) is 0. The van der Waals surface area contributed by atoms with Gasteiger partial charge in [0.2, 0.25) is 0 Å². The summed E-state index contributed by atoms with van der Waals surface area (Å²) in [4.78, 5) is 0. The third kappa shape index (κ3) is 4.23. The van der Waals surface area contributed by atoms with E-state index in [-0.39, 0.29) is 11.7 Å². The number of fused-ring (bicyclic) bond motifs is 1. The van der Waals surface area contributed by atoms with E-state index >= 15 is 0 Å². The van der Waals surface area contributed by atoms with Crippen LogP contribution < -0.4 is 0 Å². The molecule has 0 radical (unpaired) electrons. The maximum Gasteiger partial charge on any atom is 0.167 e. The lowest BCUT2D eigenvalue weighted by molar-refractivity contribution is -0.255. The average Bonchev–Trinajstić information content (AvgIpc) is 2.72. The molecule has 3 nitrogen and oxygen atoms in total. The number of hydrogen-bond donors (Lipinski definition) is 1. The average molecular weight is 367 g/mol. The Labute approximate surface area is 149 Å². The predicted octanol–water partition coefficient (Wildman–Crippen LogP) is 3.97. The Morgan fingerprint density at radius 2 is 1.92 bits per heavy atom. The van der Waals surface area contributed by atoms with E-state index in [9.17, 15) is 5.11 Å². The zero-order chi connectivity index (χ0) is 18.2. The molecule has 1 saturated carbocycles. The molecule has 0 amide bonds. The lowest BCUT2D eigenvalue weighted by Gasteiger charge is -2.50. The summed E-state index contributed by atoms with van der Waals surface area (Å²) in [5.74, 6) is 3.15. The first-order chi connectivity index (χ1) is 10.9. The summed E-state index contributed by atoms with van der Waals surface area (Å²) in [5, 5.41) is 11.5. The fraction of sp³-hybridized carbons (Fsp3) is 0.789. The second-order valence-corrected chi connectivity index (χ2v) is 19.4. The Kier molecular flexibility index (Phi) is 5.59. The molecule has 5 heteroatoms. The van der Waals surface area contributed by atoms with E-state index in [4.69, 9.17) is 9.47 Å². The van der Waals surface area contributed by atoms with Gasteiger partial charge in [0.05, 0.1) is 25.7 Å². The Bertz CT molecular complexity index is 562. The van der Waals surface area contributed by atoms with E-state index in [0.717, 1.165) is 24.8 Å². The minimum Gasteiger partial charge on any atom is -0.385 e. The molecule has 1 aliphatic heterocycles. The van der Waals surface area contributed by atoms with Crippen molar-refractivity contribution in [1.82, 2.24) is 0 Å². The van der Waals surface area contributed by atoms with Crippen molar-refractivity contribution in [1.29, 1.82) is 0 Å². The van der Waals surface area contributed by atoms with Crippen molar-refractivity contribution in [2.45, 2.75) is 77.4 Å². The molecule has 1 N–H and O–H groups in total. The predicted molar refractivity (Wildman–Crippen MR) is 105 cm³/mol. The standard InChI is InChI=1S/C19H34O3Si2/c1-18-10-8-11-19(18,20)16(15-24(5,6)7)14-22-17(18)21-12-9-13-23(2,3)4/h15,17,20H,8,10-12,14H2,1-7H3/b16-15+/t17-,18-,19-/m1/s1. The van der Waals surface area contributed by atoms with Crippen LogP contribution in [0.5, 0.6) is 0 Å². The third-order valence-electron chi connectivity index (χ3n) is 5.00. The first kappa shape index (κ1) is 19.9. The van der Waals surface area contributed by atoms with Gasteiger partial charge in [-0.15, -0.1) is 5.54 Å². The van der Waals surface area contributed by atoms with Crippen molar-refractivity contribution in [2.24, 2.45) is 5.41 Å². The highest BCUT2D eigenvalue weighted by Crippen LogP contribution is 2.56. The Morgan fingerprint density at radius 1 is 1.25 bits per heavy atom. The molecule has 2 aliphatic rings. The molecule has 1 aliphatic carbocycles. The van der Waals surface area contributed by atoms with E-state index in [1.165, 1.54) is 0 Å². The van der Waals surface area contributed by atoms with Crippen LogP contribution in [-0.4, -0.2) is 46.4 Å². The molecule has 1 heterocycles. The van der Waals surface area contributed by atoms with Crippen LogP contribution in [-0.2, 0) is 9.47 Å². The monoisotopic (exact) mass is 366 g/mol. The van der Waals surface area contributed by atoms with Crippen molar-refractivity contribution < 1.29 is 14.6 Å². The first-order valence-corrected chi connectivity index (χ1v) is 16.1. The van der Waals surface area contributed by atoms with Crippen LogP contribution in [0.15, 0.2) is 11.3 Å². The third-order valence-corrected chi connectivity index (χ3v) is 7.14.